The first kappa shape index (κ1) is 25.4. The van der Waals surface area contributed by atoms with Crippen molar-refractivity contribution in [2.45, 2.75) is 49.4 Å². The molecule has 1 heterocycles. The Morgan fingerprint density at radius 3 is 2.14 bits per heavy atom. The lowest BCUT2D eigenvalue weighted by Gasteiger charge is -2.43. The number of nitrogens with zero attached hydrogens (tertiary/aromatic N) is 3. The number of fused-ring (bicyclic) bond motifs is 10. The molecule has 212 valence electrons. The minimum atomic E-state index is -0.0193. The summed E-state index contributed by atoms with van der Waals surface area (Å²) in [5, 5.41) is 0. The van der Waals surface area contributed by atoms with Crippen molar-refractivity contribution >= 4 is 5.57 Å². The molecule has 7 aliphatic rings. The third-order valence-corrected chi connectivity index (χ3v) is 11.2. The zero-order chi connectivity index (χ0) is 28.4. The molecule has 3 nitrogen and oxygen atoms in total. The fraction of sp³-hybridized carbons (Fsp3) is 0.325. The maximum atomic E-state index is 5.21. The molecule has 0 aliphatic heterocycles. The first-order valence-electron chi connectivity index (χ1n) is 16.3. The number of aromatic nitrogens is 3. The largest absolute Gasteiger partial charge is 0.212 e. The molecular weight excluding hydrogens is 522 g/mol. The molecule has 7 unspecified atom stereocenters. The van der Waals surface area contributed by atoms with Crippen LogP contribution in [0.4, 0.5) is 0 Å². The van der Waals surface area contributed by atoms with Crippen LogP contribution in [0.1, 0.15) is 66.7 Å². The SMILES string of the molecule is C1=CC2c3ccc(-c4nc(C5=CCCC=C5)nc(C5C=CCCC5)n4)cc3C3(C2C=C1)C1C=CC=CC1C1C=CC=CC13. The third-order valence-electron chi connectivity index (χ3n) is 11.2. The summed E-state index contributed by atoms with van der Waals surface area (Å²) in [6.45, 7) is 0. The quantitative estimate of drug-likeness (QED) is 0.353. The van der Waals surface area contributed by atoms with Gasteiger partial charge in [0.15, 0.2) is 11.6 Å². The maximum absolute atomic E-state index is 5.21. The van der Waals surface area contributed by atoms with Crippen molar-refractivity contribution in [1.29, 1.82) is 0 Å². The molecule has 1 aromatic heterocycles. The van der Waals surface area contributed by atoms with Crippen LogP contribution in [0, 0.1) is 29.6 Å². The highest BCUT2D eigenvalue weighted by atomic mass is 15.0. The van der Waals surface area contributed by atoms with Gasteiger partial charge < -0.3 is 0 Å². The Bertz CT molecular complexity index is 1720. The van der Waals surface area contributed by atoms with E-state index in [2.05, 4.69) is 121 Å². The van der Waals surface area contributed by atoms with Crippen molar-refractivity contribution in [2.75, 3.05) is 0 Å². The molecule has 43 heavy (non-hydrogen) atoms. The first-order valence-corrected chi connectivity index (χ1v) is 16.3. The lowest BCUT2D eigenvalue weighted by Crippen LogP contribution is -2.42. The summed E-state index contributed by atoms with van der Waals surface area (Å²) in [5.41, 5.74) is 5.18. The molecule has 0 N–H and O–H groups in total. The number of hydrogen-bond acceptors (Lipinski definition) is 3. The molecule has 1 spiro atoms. The molecule has 7 aliphatic carbocycles. The molecule has 2 aromatic rings. The Labute approximate surface area is 254 Å². The fourth-order valence-corrected chi connectivity index (χ4v) is 9.49. The van der Waals surface area contributed by atoms with Gasteiger partial charge in [-0.05, 0) is 78.9 Å². The molecule has 0 bridgehead atoms. The highest BCUT2D eigenvalue weighted by Gasteiger charge is 2.65. The molecule has 7 atom stereocenters. The van der Waals surface area contributed by atoms with E-state index in [9.17, 15) is 0 Å². The van der Waals surface area contributed by atoms with Gasteiger partial charge in [-0.1, -0.05) is 115 Å². The average Bonchev–Trinajstić information content (AvgIpc) is 3.56. The van der Waals surface area contributed by atoms with E-state index in [1.807, 2.05) is 0 Å². The van der Waals surface area contributed by atoms with Gasteiger partial charge in [-0.25, -0.2) is 15.0 Å². The Kier molecular flexibility index (Phi) is 5.89. The monoisotopic (exact) mass is 559 g/mol. The summed E-state index contributed by atoms with van der Waals surface area (Å²) in [6.07, 6.45) is 45.5. The van der Waals surface area contributed by atoms with Gasteiger partial charge in [0.05, 0.1) is 0 Å². The van der Waals surface area contributed by atoms with Gasteiger partial charge >= 0.3 is 0 Å². The molecule has 0 radical (unpaired) electrons. The van der Waals surface area contributed by atoms with E-state index in [4.69, 9.17) is 15.0 Å². The second-order valence-electron chi connectivity index (χ2n) is 13.2. The molecular formula is C40H37N3. The lowest BCUT2D eigenvalue weighted by atomic mass is 9.59. The highest BCUT2D eigenvalue weighted by molar-refractivity contribution is 5.72. The molecule has 3 heteroatoms. The van der Waals surface area contributed by atoms with Gasteiger partial charge in [0, 0.05) is 28.4 Å². The standard InChI is InChI=1S/C40H37N3/c1-3-13-26(14-4-1)37-41-38(27-15-5-2-6-16-27)43-39(42-37)28-23-24-32-31-19-9-12-22-35(31)40(36(32)25-28)33-20-10-7-17-29(33)30-18-8-11-21-34(30)40/h3,5,7-15,17-25,27,29-31,33-35H,1-2,4,6,16H2. The van der Waals surface area contributed by atoms with Crippen LogP contribution in [0.2, 0.25) is 0 Å². The van der Waals surface area contributed by atoms with Crippen molar-refractivity contribution in [2.24, 2.45) is 29.6 Å². The third kappa shape index (κ3) is 3.76. The smallest absolute Gasteiger partial charge is 0.163 e. The summed E-state index contributed by atoms with van der Waals surface area (Å²) < 4.78 is 0. The summed E-state index contributed by atoms with van der Waals surface area (Å²) >= 11 is 0. The zero-order valence-electron chi connectivity index (χ0n) is 24.5. The van der Waals surface area contributed by atoms with E-state index in [1.165, 1.54) is 17.5 Å². The maximum Gasteiger partial charge on any atom is 0.163 e. The summed E-state index contributed by atoms with van der Waals surface area (Å²) in [6, 6.07) is 7.16. The lowest BCUT2D eigenvalue weighted by molar-refractivity contribution is 0.227. The molecule has 1 saturated carbocycles. The Morgan fingerprint density at radius 2 is 1.40 bits per heavy atom. The summed E-state index contributed by atoms with van der Waals surface area (Å²) in [5.74, 6) is 5.47. The summed E-state index contributed by atoms with van der Waals surface area (Å²) in [4.78, 5) is 15.5. The summed E-state index contributed by atoms with van der Waals surface area (Å²) in [7, 11) is 0. The molecule has 9 rings (SSSR count). The second kappa shape index (κ2) is 9.98. The predicted octanol–water partition coefficient (Wildman–Crippen LogP) is 8.90. The van der Waals surface area contributed by atoms with E-state index in [1.54, 1.807) is 0 Å². The Balaban J connectivity index is 1.24. The first-order chi connectivity index (χ1) is 21.3. The van der Waals surface area contributed by atoms with Crippen LogP contribution in [-0.2, 0) is 5.41 Å². The van der Waals surface area contributed by atoms with Crippen molar-refractivity contribution in [3.05, 3.63) is 144 Å². The van der Waals surface area contributed by atoms with Crippen LogP contribution in [-0.4, -0.2) is 15.0 Å². The van der Waals surface area contributed by atoms with Crippen LogP contribution in [0.15, 0.2) is 121 Å². The van der Waals surface area contributed by atoms with Crippen molar-refractivity contribution < 1.29 is 0 Å². The van der Waals surface area contributed by atoms with Gasteiger partial charge in [0.25, 0.3) is 0 Å². The molecule has 0 amide bonds. The zero-order valence-corrected chi connectivity index (χ0v) is 24.5. The van der Waals surface area contributed by atoms with Crippen molar-refractivity contribution in [3.63, 3.8) is 0 Å². The van der Waals surface area contributed by atoms with Gasteiger partial charge in [-0.2, -0.15) is 0 Å². The molecule has 1 fully saturated rings. The molecule has 1 aromatic carbocycles. The van der Waals surface area contributed by atoms with Crippen molar-refractivity contribution in [1.82, 2.24) is 15.0 Å². The van der Waals surface area contributed by atoms with E-state index in [-0.39, 0.29) is 11.3 Å². The van der Waals surface area contributed by atoms with Crippen LogP contribution in [0.25, 0.3) is 17.0 Å². The fourth-order valence-electron chi connectivity index (χ4n) is 9.49. The van der Waals surface area contributed by atoms with E-state index >= 15 is 0 Å². The van der Waals surface area contributed by atoms with Gasteiger partial charge in [-0.15, -0.1) is 0 Å². The number of rotatable bonds is 3. The van der Waals surface area contributed by atoms with Crippen LogP contribution >= 0.6 is 0 Å². The number of hydrogen-bond donors (Lipinski definition) is 0. The minimum absolute atomic E-state index is 0.0193. The van der Waals surface area contributed by atoms with Crippen LogP contribution in [0.5, 0.6) is 0 Å². The Hall–Kier alpha value is -4.11. The number of benzene rings is 1. The van der Waals surface area contributed by atoms with E-state index in [0.717, 1.165) is 54.3 Å². The van der Waals surface area contributed by atoms with Gasteiger partial charge in [0.2, 0.25) is 0 Å². The normalized spacial score (nSPS) is 35.6. The number of allylic oxidation sites excluding steroid dienone is 18. The average molecular weight is 560 g/mol. The second-order valence-corrected chi connectivity index (χ2v) is 13.2. The van der Waals surface area contributed by atoms with E-state index in [0.29, 0.717) is 35.5 Å². The predicted molar refractivity (Wildman–Crippen MR) is 174 cm³/mol. The highest BCUT2D eigenvalue weighted by Crippen LogP contribution is 2.69. The topological polar surface area (TPSA) is 38.7 Å². The Morgan fingerprint density at radius 1 is 0.651 bits per heavy atom. The van der Waals surface area contributed by atoms with Gasteiger partial charge in [-0.3, -0.25) is 0 Å². The van der Waals surface area contributed by atoms with Crippen LogP contribution < -0.4 is 0 Å². The van der Waals surface area contributed by atoms with Gasteiger partial charge in [0.1, 0.15) is 5.82 Å². The molecule has 0 saturated heterocycles. The van der Waals surface area contributed by atoms with E-state index < -0.39 is 0 Å². The van der Waals surface area contributed by atoms with Crippen LogP contribution in [0.3, 0.4) is 0 Å². The van der Waals surface area contributed by atoms with Crippen molar-refractivity contribution in [3.8, 4) is 11.4 Å². The minimum Gasteiger partial charge on any atom is -0.212 e.